The minimum Gasteiger partial charge on any atom is -0.490 e. The van der Waals surface area contributed by atoms with E-state index in [9.17, 15) is 40.2 Å². The van der Waals surface area contributed by atoms with Gasteiger partial charge in [-0.05, 0) is 0 Å². The zero-order chi connectivity index (χ0) is 27.3. The van der Waals surface area contributed by atoms with Gasteiger partial charge in [0.05, 0.1) is 40.0 Å². The standard InChI is InChI=1S/C19H16N4O8.C4H9NO/c1-10(18(24)11-6-4-3-5-7-11)15-13-8-12(21(26)27)9-14(22(28)29)16(13)20(2)19(25)17(15)23(30)31;1-3-6-4-2-5-1/h3-10,15,25H,1-2H3;5H,1-4H2. The molecular formula is C23H25N5O9. The van der Waals surface area contributed by atoms with Gasteiger partial charge in [-0.1, -0.05) is 37.3 Å². The number of benzene rings is 2. The summed E-state index contributed by atoms with van der Waals surface area (Å²) in [5, 5.41) is 48.4. The van der Waals surface area contributed by atoms with Crippen LogP contribution in [0.3, 0.4) is 0 Å². The highest BCUT2D eigenvalue weighted by molar-refractivity contribution is 5.99. The van der Waals surface area contributed by atoms with E-state index in [0.29, 0.717) is 6.07 Å². The number of ketones is 1. The molecule has 2 aliphatic heterocycles. The summed E-state index contributed by atoms with van der Waals surface area (Å²) >= 11 is 0. The Labute approximate surface area is 210 Å². The number of rotatable bonds is 6. The molecule has 2 aliphatic rings. The number of morpholine rings is 1. The Morgan fingerprint density at radius 3 is 2.14 bits per heavy atom. The molecule has 0 amide bonds. The quantitative estimate of drug-likeness (QED) is 0.326. The van der Waals surface area contributed by atoms with Crippen LogP contribution in [0.4, 0.5) is 17.1 Å². The van der Waals surface area contributed by atoms with Gasteiger partial charge in [-0.15, -0.1) is 0 Å². The summed E-state index contributed by atoms with van der Waals surface area (Å²) in [5.74, 6) is -4.04. The number of aliphatic hydroxyl groups is 1. The van der Waals surface area contributed by atoms with Crippen molar-refractivity contribution in [1.29, 1.82) is 0 Å². The molecule has 2 N–H and O–H groups in total. The Balaban J connectivity index is 0.000000555. The van der Waals surface area contributed by atoms with Crippen molar-refractivity contribution in [3.63, 3.8) is 0 Å². The lowest BCUT2D eigenvalue weighted by Crippen LogP contribution is -2.35. The SMILES string of the molecule is C1COCCN1.CC(C(=O)c1ccccc1)C1C([N+](=O)[O-])=C(O)N(C)c2c1cc([N+](=O)[O-])cc2[N+](=O)[O-]. The molecule has 1 fully saturated rings. The number of nitrogens with zero attached hydrogens (tertiary/aromatic N) is 4. The molecule has 2 atom stereocenters. The van der Waals surface area contributed by atoms with Crippen LogP contribution >= 0.6 is 0 Å². The van der Waals surface area contributed by atoms with E-state index < -0.39 is 55.3 Å². The Kier molecular flexibility index (Phi) is 8.47. The van der Waals surface area contributed by atoms with E-state index in [1.807, 2.05) is 0 Å². The molecule has 14 heteroatoms. The van der Waals surface area contributed by atoms with Gasteiger partial charge >= 0.3 is 5.70 Å². The van der Waals surface area contributed by atoms with E-state index in [-0.39, 0.29) is 16.8 Å². The van der Waals surface area contributed by atoms with Gasteiger partial charge in [0.2, 0.25) is 0 Å². The van der Waals surface area contributed by atoms with E-state index in [2.05, 4.69) is 5.32 Å². The van der Waals surface area contributed by atoms with E-state index in [1.54, 1.807) is 18.2 Å². The van der Waals surface area contributed by atoms with Gasteiger partial charge in [0.1, 0.15) is 5.69 Å². The van der Waals surface area contributed by atoms with Crippen LogP contribution in [0.25, 0.3) is 0 Å². The second-order valence-corrected chi connectivity index (χ2v) is 8.30. The number of ether oxygens (including phenoxy) is 1. The number of aliphatic hydroxyl groups excluding tert-OH is 1. The van der Waals surface area contributed by atoms with Crippen LogP contribution in [-0.4, -0.2) is 59.0 Å². The van der Waals surface area contributed by atoms with E-state index in [4.69, 9.17) is 4.74 Å². The van der Waals surface area contributed by atoms with E-state index in [1.165, 1.54) is 19.1 Å². The number of anilines is 1. The zero-order valence-corrected chi connectivity index (χ0v) is 20.0. The number of nitro benzene ring substituents is 2. The zero-order valence-electron chi connectivity index (χ0n) is 20.0. The third-order valence-electron chi connectivity index (χ3n) is 6.04. The minimum atomic E-state index is -1.47. The summed E-state index contributed by atoms with van der Waals surface area (Å²) in [4.78, 5) is 46.0. The molecule has 0 bridgehead atoms. The number of non-ortho nitro benzene ring substituents is 1. The van der Waals surface area contributed by atoms with Crippen LogP contribution in [0.1, 0.15) is 28.8 Å². The van der Waals surface area contributed by atoms with Gasteiger partial charge in [-0.3, -0.25) is 35.1 Å². The van der Waals surface area contributed by atoms with Gasteiger partial charge in [0.25, 0.3) is 17.3 Å². The Morgan fingerprint density at radius 2 is 1.68 bits per heavy atom. The van der Waals surface area contributed by atoms with Crippen molar-refractivity contribution in [2.45, 2.75) is 12.8 Å². The number of hydrogen-bond acceptors (Lipinski definition) is 11. The lowest BCUT2D eigenvalue weighted by molar-refractivity contribution is -0.434. The summed E-state index contributed by atoms with van der Waals surface area (Å²) in [7, 11) is 1.16. The molecule has 0 aromatic heterocycles. The molecule has 37 heavy (non-hydrogen) atoms. The molecule has 196 valence electrons. The first-order valence-electron chi connectivity index (χ1n) is 11.2. The number of nitrogens with one attached hydrogen (secondary N) is 1. The van der Waals surface area contributed by atoms with Gasteiger partial charge in [0.15, 0.2) is 5.78 Å². The fourth-order valence-electron chi connectivity index (χ4n) is 4.27. The number of carbonyl (C=O) groups excluding carboxylic acids is 1. The Bertz CT molecular complexity index is 1230. The first-order chi connectivity index (χ1) is 17.6. The maximum atomic E-state index is 13.0. The number of fused-ring (bicyclic) bond motifs is 1. The maximum Gasteiger partial charge on any atom is 0.313 e. The van der Waals surface area contributed by atoms with Gasteiger partial charge in [0, 0.05) is 43.2 Å². The third kappa shape index (κ3) is 5.70. The molecule has 0 saturated carbocycles. The number of Topliss-reactive ketones (excluding diaryl/α,β-unsaturated/α-hetero) is 1. The van der Waals surface area contributed by atoms with Crippen LogP contribution in [0.2, 0.25) is 0 Å². The Morgan fingerprint density at radius 1 is 1.05 bits per heavy atom. The molecule has 14 nitrogen and oxygen atoms in total. The molecular weight excluding hydrogens is 490 g/mol. The van der Waals surface area contributed by atoms with E-state index in [0.717, 1.165) is 44.3 Å². The molecule has 2 unspecified atom stereocenters. The molecule has 0 spiro atoms. The van der Waals surface area contributed by atoms with Crippen molar-refractivity contribution in [1.82, 2.24) is 5.32 Å². The normalized spacial score (nSPS) is 17.7. The highest BCUT2D eigenvalue weighted by Crippen LogP contribution is 2.49. The summed E-state index contributed by atoms with van der Waals surface area (Å²) in [6, 6.07) is 9.54. The summed E-state index contributed by atoms with van der Waals surface area (Å²) in [5.41, 5.74) is -2.34. The smallest absolute Gasteiger partial charge is 0.313 e. The predicted octanol–water partition coefficient (Wildman–Crippen LogP) is 3.17. The van der Waals surface area contributed by atoms with Crippen molar-refractivity contribution in [2.24, 2.45) is 5.92 Å². The topological polar surface area (TPSA) is 191 Å². The largest absolute Gasteiger partial charge is 0.490 e. The molecule has 0 radical (unpaired) electrons. The average Bonchev–Trinajstić information content (AvgIpc) is 2.90. The van der Waals surface area contributed by atoms with Crippen LogP contribution in [0.5, 0.6) is 0 Å². The van der Waals surface area contributed by atoms with Crippen LogP contribution < -0.4 is 10.2 Å². The second kappa shape index (κ2) is 11.5. The molecule has 2 aromatic carbocycles. The van der Waals surface area contributed by atoms with E-state index >= 15 is 0 Å². The van der Waals surface area contributed by atoms with Crippen molar-refractivity contribution < 1.29 is 29.4 Å². The first kappa shape index (κ1) is 27.2. The fraction of sp³-hybridized carbons (Fsp3) is 0.348. The van der Waals surface area contributed by atoms with Crippen molar-refractivity contribution in [2.75, 3.05) is 38.3 Å². The highest BCUT2D eigenvalue weighted by atomic mass is 16.6. The average molecular weight is 515 g/mol. The monoisotopic (exact) mass is 515 g/mol. The predicted molar refractivity (Wildman–Crippen MR) is 131 cm³/mol. The molecule has 1 saturated heterocycles. The first-order valence-corrected chi connectivity index (χ1v) is 11.2. The third-order valence-corrected chi connectivity index (χ3v) is 6.04. The maximum absolute atomic E-state index is 13.0. The van der Waals surface area contributed by atoms with Crippen molar-refractivity contribution in [3.05, 3.63) is 95.5 Å². The van der Waals surface area contributed by atoms with Gasteiger partial charge in [-0.25, -0.2) is 0 Å². The second-order valence-electron chi connectivity index (χ2n) is 8.30. The lowest BCUT2D eigenvalue weighted by Gasteiger charge is -2.32. The van der Waals surface area contributed by atoms with Crippen LogP contribution in [-0.2, 0) is 4.74 Å². The lowest BCUT2D eigenvalue weighted by atomic mass is 9.77. The summed E-state index contributed by atoms with van der Waals surface area (Å²) < 4.78 is 5.01. The number of hydrogen-bond donors (Lipinski definition) is 2. The Hall–Kier alpha value is -4.43. The number of allylic oxidation sites excluding steroid dienone is 1. The minimum absolute atomic E-state index is 0.162. The fourth-order valence-corrected chi connectivity index (χ4v) is 4.27. The molecule has 4 rings (SSSR count). The molecule has 2 aromatic rings. The summed E-state index contributed by atoms with van der Waals surface area (Å²) in [6.45, 7) is 5.20. The van der Waals surface area contributed by atoms with Gasteiger partial charge in [-0.2, -0.15) is 0 Å². The van der Waals surface area contributed by atoms with Crippen molar-refractivity contribution >= 4 is 22.8 Å². The molecule has 0 aliphatic carbocycles. The van der Waals surface area contributed by atoms with Crippen LogP contribution in [0.15, 0.2) is 54.0 Å². The highest BCUT2D eigenvalue weighted by Gasteiger charge is 2.48. The van der Waals surface area contributed by atoms with Crippen LogP contribution in [0, 0.1) is 36.3 Å². The number of nitro groups is 3. The molecule has 2 heterocycles. The summed E-state index contributed by atoms with van der Waals surface area (Å²) in [6.07, 6.45) is 0. The van der Waals surface area contributed by atoms with Gasteiger partial charge < -0.3 is 20.1 Å². The number of carbonyl (C=O) groups is 1. The van der Waals surface area contributed by atoms with Crippen molar-refractivity contribution in [3.8, 4) is 0 Å².